The van der Waals surface area contributed by atoms with Crippen molar-refractivity contribution >= 4 is 15.9 Å². The van der Waals surface area contributed by atoms with Crippen molar-refractivity contribution in [3.8, 4) is 0 Å². The summed E-state index contributed by atoms with van der Waals surface area (Å²) in [5.74, 6) is -0.0944. The minimum Gasteiger partial charge on any atom is -0.312 e. The number of nitrogens with one attached hydrogen (secondary N) is 1. The minimum atomic E-state index is -0.0944. The Morgan fingerprint density at radius 2 is 2.15 bits per heavy atom. The summed E-state index contributed by atoms with van der Waals surface area (Å²) in [5, 5.41) is 3.62. The molecule has 0 amide bonds. The maximum atomic E-state index is 14.0. The second-order valence-corrected chi connectivity index (χ2v) is 6.89. The van der Waals surface area contributed by atoms with E-state index in [0.717, 1.165) is 29.7 Å². The van der Waals surface area contributed by atoms with Gasteiger partial charge in [-0.1, -0.05) is 28.4 Å². The first-order valence-electron chi connectivity index (χ1n) is 7.65. The van der Waals surface area contributed by atoms with Crippen LogP contribution >= 0.6 is 15.9 Å². The summed E-state index contributed by atoms with van der Waals surface area (Å²) >= 11 is 3.32. The molecule has 3 rings (SSSR count). The van der Waals surface area contributed by atoms with Gasteiger partial charge in [0.05, 0.1) is 0 Å². The zero-order chi connectivity index (χ0) is 13.9. The predicted molar refractivity (Wildman–Crippen MR) is 83.2 cm³/mol. The van der Waals surface area contributed by atoms with Gasteiger partial charge in [-0.25, -0.2) is 4.39 Å². The smallest absolute Gasteiger partial charge is 0.128 e. The quantitative estimate of drug-likeness (QED) is 0.902. The summed E-state index contributed by atoms with van der Waals surface area (Å²) < 4.78 is 14.8. The molecule has 2 aliphatic heterocycles. The van der Waals surface area contributed by atoms with Crippen LogP contribution < -0.4 is 5.32 Å². The van der Waals surface area contributed by atoms with Crippen LogP contribution in [0, 0.1) is 5.82 Å². The molecule has 2 aliphatic rings. The summed E-state index contributed by atoms with van der Waals surface area (Å²) in [5.41, 5.74) is 0.818. The normalized spacial score (nSPS) is 27.9. The molecule has 4 heteroatoms. The van der Waals surface area contributed by atoms with Crippen molar-refractivity contribution in [1.29, 1.82) is 0 Å². The standard InChI is InChI=1S/C16H22BrFN2/c17-13-7-6-12(14(18)10-13)11-20-9-2-1-5-16(20)15-4-3-8-19-15/h6-7,10,15-16,19H,1-5,8-9,11H2. The van der Waals surface area contributed by atoms with E-state index < -0.39 is 0 Å². The fraction of sp³-hybridized carbons (Fsp3) is 0.625. The molecular weight excluding hydrogens is 319 g/mol. The Hall–Kier alpha value is -0.450. The highest BCUT2D eigenvalue weighted by Gasteiger charge is 2.31. The number of piperidine rings is 1. The Kier molecular flexibility index (Phi) is 4.74. The van der Waals surface area contributed by atoms with E-state index >= 15 is 0 Å². The van der Waals surface area contributed by atoms with Crippen LogP contribution in [-0.4, -0.2) is 30.1 Å². The predicted octanol–water partition coefficient (Wildman–Crippen LogP) is 3.69. The fourth-order valence-electron chi connectivity index (χ4n) is 3.58. The van der Waals surface area contributed by atoms with Gasteiger partial charge >= 0.3 is 0 Å². The van der Waals surface area contributed by atoms with Crippen molar-refractivity contribution in [2.45, 2.75) is 50.7 Å². The molecule has 0 aliphatic carbocycles. The van der Waals surface area contributed by atoms with Crippen LogP contribution in [0.4, 0.5) is 4.39 Å². The van der Waals surface area contributed by atoms with E-state index in [1.165, 1.54) is 32.1 Å². The van der Waals surface area contributed by atoms with E-state index in [1.807, 2.05) is 12.1 Å². The number of benzene rings is 1. The maximum absolute atomic E-state index is 14.0. The molecule has 2 nitrogen and oxygen atoms in total. The Morgan fingerprint density at radius 1 is 1.25 bits per heavy atom. The topological polar surface area (TPSA) is 15.3 Å². The number of rotatable bonds is 3. The highest BCUT2D eigenvalue weighted by atomic mass is 79.9. The molecule has 0 bridgehead atoms. The number of likely N-dealkylation sites (tertiary alicyclic amines) is 1. The van der Waals surface area contributed by atoms with Crippen molar-refractivity contribution < 1.29 is 4.39 Å². The van der Waals surface area contributed by atoms with Crippen LogP contribution in [0.1, 0.15) is 37.7 Å². The first kappa shape index (κ1) is 14.5. The Morgan fingerprint density at radius 3 is 2.90 bits per heavy atom. The second kappa shape index (κ2) is 6.54. The monoisotopic (exact) mass is 340 g/mol. The molecule has 1 N–H and O–H groups in total. The molecule has 0 aromatic heterocycles. The average Bonchev–Trinajstić information content (AvgIpc) is 2.96. The zero-order valence-electron chi connectivity index (χ0n) is 11.7. The van der Waals surface area contributed by atoms with E-state index in [-0.39, 0.29) is 5.82 Å². The third-order valence-corrected chi connectivity index (χ3v) is 5.11. The fourth-order valence-corrected chi connectivity index (χ4v) is 3.91. The van der Waals surface area contributed by atoms with Crippen LogP contribution in [-0.2, 0) is 6.54 Å². The van der Waals surface area contributed by atoms with Crippen molar-refractivity contribution in [3.05, 3.63) is 34.1 Å². The summed E-state index contributed by atoms with van der Waals surface area (Å²) in [6.45, 7) is 2.97. The van der Waals surface area contributed by atoms with Gasteiger partial charge in [0.1, 0.15) is 5.82 Å². The summed E-state index contributed by atoms with van der Waals surface area (Å²) in [6.07, 6.45) is 6.34. The van der Waals surface area contributed by atoms with Crippen molar-refractivity contribution in [1.82, 2.24) is 10.2 Å². The molecule has 1 aromatic rings. The SMILES string of the molecule is Fc1cc(Br)ccc1CN1CCCCC1C1CCCN1. The van der Waals surface area contributed by atoms with Crippen LogP contribution in [0.2, 0.25) is 0 Å². The van der Waals surface area contributed by atoms with Crippen LogP contribution in [0.3, 0.4) is 0 Å². The molecule has 2 atom stereocenters. The van der Waals surface area contributed by atoms with Crippen molar-refractivity contribution in [2.24, 2.45) is 0 Å². The van der Waals surface area contributed by atoms with Gasteiger partial charge < -0.3 is 5.32 Å². The van der Waals surface area contributed by atoms with Gasteiger partial charge in [-0.2, -0.15) is 0 Å². The summed E-state index contributed by atoms with van der Waals surface area (Å²) in [7, 11) is 0. The van der Waals surface area contributed by atoms with Gasteiger partial charge in [0.25, 0.3) is 0 Å². The molecule has 20 heavy (non-hydrogen) atoms. The Balaban J connectivity index is 1.72. The number of hydrogen-bond donors (Lipinski definition) is 1. The number of hydrogen-bond acceptors (Lipinski definition) is 2. The molecular formula is C16H22BrFN2. The van der Waals surface area contributed by atoms with Crippen LogP contribution in [0.5, 0.6) is 0 Å². The van der Waals surface area contributed by atoms with Crippen molar-refractivity contribution in [3.63, 3.8) is 0 Å². The summed E-state index contributed by atoms with van der Waals surface area (Å²) in [4.78, 5) is 2.48. The lowest BCUT2D eigenvalue weighted by Gasteiger charge is -2.39. The lowest BCUT2D eigenvalue weighted by atomic mass is 9.94. The molecule has 0 radical (unpaired) electrons. The Labute approximate surface area is 128 Å². The van der Waals surface area contributed by atoms with Gasteiger partial charge in [-0.15, -0.1) is 0 Å². The molecule has 1 aromatic carbocycles. The second-order valence-electron chi connectivity index (χ2n) is 5.97. The molecule has 0 saturated carbocycles. The third-order valence-electron chi connectivity index (χ3n) is 4.62. The van der Waals surface area contributed by atoms with Crippen LogP contribution in [0.25, 0.3) is 0 Å². The number of halogens is 2. The maximum Gasteiger partial charge on any atom is 0.128 e. The molecule has 0 spiro atoms. The van der Waals surface area contributed by atoms with Gasteiger partial charge in [0, 0.05) is 28.7 Å². The highest BCUT2D eigenvalue weighted by molar-refractivity contribution is 9.10. The Bertz CT molecular complexity index is 460. The molecule has 2 fully saturated rings. The molecule has 2 saturated heterocycles. The zero-order valence-corrected chi connectivity index (χ0v) is 13.3. The number of nitrogens with zero attached hydrogens (tertiary/aromatic N) is 1. The minimum absolute atomic E-state index is 0.0944. The van der Waals surface area contributed by atoms with E-state index in [0.29, 0.717) is 12.1 Å². The van der Waals surface area contributed by atoms with E-state index in [2.05, 4.69) is 26.1 Å². The van der Waals surface area contributed by atoms with E-state index in [4.69, 9.17) is 0 Å². The van der Waals surface area contributed by atoms with Gasteiger partial charge in [0.15, 0.2) is 0 Å². The summed E-state index contributed by atoms with van der Waals surface area (Å²) in [6, 6.07) is 6.60. The van der Waals surface area contributed by atoms with Crippen LogP contribution in [0.15, 0.2) is 22.7 Å². The average molecular weight is 341 g/mol. The van der Waals surface area contributed by atoms with Gasteiger partial charge in [-0.05, 0) is 50.9 Å². The lowest BCUT2D eigenvalue weighted by Crippen LogP contribution is -2.49. The molecule has 2 unspecified atom stereocenters. The van der Waals surface area contributed by atoms with Gasteiger partial charge in [-0.3, -0.25) is 4.90 Å². The first-order chi connectivity index (χ1) is 9.74. The van der Waals surface area contributed by atoms with E-state index in [9.17, 15) is 4.39 Å². The molecule has 110 valence electrons. The lowest BCUT2D eigenvalue weighted by molar-refractivity contribution is 0.111. The largest absolute Gasteiger partial charge is 0.312 e. The first-order valence-corrected chi connectivity index (χ1v) is 8.45. The van der Waals surface area contributed by atoms with E-state index in [1.54, 1.807) is 6.07 Å². The molecule has 2 heterocycles. The van der Waals surface area contributed by atoms with Crippen molar-refractivity contribution in [2.75, 3.05) is 13.1 Å². The van der Waals surface area contributed by atoms with Gasteiger partial charge in [0.2, 0.25) is 0 Å². The third kappa shape index (κ3) is 3.23. The highest BCUT2D eigenvalue weighted by Crippen LogP contribution is 2.27.